The third-order valence-corrected chi connectivity index (χ3v) is 4.08. The fraction of sp³-hybridized carbons (Fsp3) is 0.176. The number of amides is 1. The number of benzene rings is 2. The molecule has 1 amide bonds. The zero-order valence-electron chi connectivity index (χ0n) is 12.9. The largest absolute Gasteiger partial charge is 0.496 e. The van der Waals surface area contributed by atoms with Crippen molar-refractivity contribution in [2.45, 2.75) is 13.3 Å². The van der Waals surface area contributed by atoms with Crippen molar-refractivity contribution in [3.05, 3.63) is 58.1 Å². The van der Waals surface area contributed by atoms with Gasteiger partial charge < -0.3 is 10.1 Å². The number of ether oxygens (including phenoxy) is 1. The molecule has 0 aliphatic heterocycles. The number of aryl methyl sites for hydroxylation is 1. The zero-order chi connectivity index (χ0) is 16.8. The summed E-state index contributed by atoms with van der Waals surface area (Å²) in [6, 6.07) is 13.0. The van der Waals surface area contributed by atoms with Gasteiger partial charge in [0.15, 0.2) is 5.11 Å². The molecule has 4 nitrogen and oxygen atoms in total. The van der Waals surface area contributed by atoms with Crippen LogP contribution in [0.2, 0.25) is 0 Å². The highest BCUT2D eigenvalue weighted by Gasteiger charge is 2.10. The molecule has 0 bridgehead atoms. The Balaban J connectivity index is 1.98. The predicted octanol–water partition coefficient (Wildman–Crippen LogP) is 4.15. The van der Waals surface area contributed by atoms with Crippen molar-refractivity contribution in [2.75, 3.05) is 12.4 Å². The fourth-order valence-corrected chi connectivity index (χ4v) is 2.72. The van der Waals surface area contributed by atoms with Gasteiger partial charge in [-0.15, -0.1) is 0 Å². The average molecular weight is 393 g/mol. The van der Waals surface area contributed by atoms with Gasteiger partial charge in [0, 0.05) is 11.3 Å². The third kappa shape index (κ3) is 4.77. The highest BCUT2D eigenvalue weighted by atomic mass is 79.9. The Morgan fingerprint density at radius 3 is 2.48 bits per heavy atom. The molecule has 6 heteroatoms. The lowest BCUT2D eigenvalue weighted by Crippen LogP contribution is -2.34. The van der Waals surface area contributed by atoms with Gasteiger partial charge in [0.25, 0.3) is 5.91 Å². The maximum absolute atomic E-state index is 12.2. The molecule has 0 aromatic heterocycles. The van der Waals surface area contributed by atoms with Gasteiger partial charge in [-0.05, 0) is 70.5 Å². The number of methoxy groups -OCH3 is 1. The van der Waals surface area contributed by atoms with Gasteiger partial charge in [0.2, 0.25) is 0 Å². The summed E-state index contributed by atoms with van der Waals surface area (Å²) in [4.78, 5) is 12.2. The van der Waals surface area contributed by atoms with Crippen molar-refractivity contribution in [2.24, 2.45) is 0 Å². The molecular formula is C17H17BrN2O2S. The first-order valence-electron chi connectivity index (χ1n) is 7.08. The fourth-order valence-electron chi connectivity index (χ4n) is 1.97. The number of nitrogens with one attached hydrogen (secondary N) is 2. The van der Waals surface area contributed by atoms with E-state index in [-0.39, 0.29) is 11.0 Å². The van der Waals surface area contributed by atoms with E-state index in [0.717, 1.165) is 12.1 Å². The Labute approximate surface area is 149 Å². The molecule has 23 heavy (non-hydrogen) atoms. The molecule has 120 valence electrons. The number of carbonyl (C=O) groups excluding carboxylic acids is 1. The SMILES string of the molecule is CCc1ccc(NC(=S)NC(=O)c2ccc(OC)c(Br)c2)cc1. The number of hydrogen-bond donors (Lipinski definition) is 2. The quantitative estimate of drug-likeness (QED) is 0.767. The van der Waals surface area contributed by atoms with E-state index in [0.29, 0.717) is 15.8 Å². The third-order valence-electron chi connectivity index (χ3n) is 3.26. The van der Waals surface area contributed by atoms with Crippen LogP contribution in [0.1, 0.15) is 22.8 Å². The molecule has 0 heterocycles. The van der Waals surface area contributed by atoms with Crippen molar-refractivity contribution in [3.63, 3.8) is 0 Å². The maximum atomic E-state index is 12.2. The highest BCUT2D eigenvalue weighted by Crippen LogP contribution is 2.25. The molecule has 0 saturated heterocycles. The Bertz CT molecular complexity index is 717. The Morgan fingerprint density at radius 1 is 1.22 bits per heavy atom. The van der Waals surface area contributed by atoms with Crippen LogP contribution in [0, 0.1) is 0 Å². The van der Waals surface area contributed by atoms with Crippen LogP contribution in [-0.2, 0) is 6.42 Å². The molecule has 0 radical (unpaired) electrons. The van der Waals surface area contributed by atoms with E-state index in [1.54, 1.807) is 25.3 Å². The van der Waals surface area contributed by atoms with Crippen LogP contribution < -0.4 is 15.4 Å². The second-order valence-corrected chi connectivity index (χ2v) is 6.07. The zero-order valence-corrected chi connectivity index (χ0v) is 15.3. The highest BCUT2D eigenvalue weighted by molar-refractivity contribution is 9.10. The topological polar surface area (TPSA) is 50.4 Å². The summed E-state index contributed by atoms with van der Waals surface area (Å²) in [5.74, 6) is 0.384. The monoisotopic (exact) mass is 392 g/mol. The lowest BCUT2D eigenvalue weighted by atomic mass is 10.1. The first-order chi connectivity index (χ1) is 11.0. The molecule has 2 N–H and O–H groups in total. The van der Waals surface area contributed by atoms with Crippen molar-refractivity contribution < 1.29 is 9.53 Å². The molecule has 2 rings (SSSR count). The molecule has 0 aliphatic carbocycles. The second-order valence-electron chi connectivity index (χ2n) is 4.81. The Kier molecular flexibility index (Phi) is 6.12. The van der Waals surface area contributed by atoms with Crippen molar-refractivity contribution >= 4 is 44.9 Å². The number of anilines is 1. The van der Waals surface area contributed by atoms with Gasteiger partial charge in [0.05, 0.1) is 11.6 Å². The summed E-state index contributed by atoms with van der Waals surface area (Å²) in [5, 5.41) is 5.91. The minimum Gasteiger partial charge on any atom is -0.496 e. The van der Waals surface area contributed by atoms with E-state index in [4.69, 9.17) is 17.0 Å². The van der Waals surface area contributed by atoms with E-state index >= 15 is 0 Å². The standard InChI is InChI=1S/C17H17BrN2O2S/c1-3-11-4-7-13(8-5-11)19-17(23)20-16(21)12-6-9-15(22-2)14(18)10-12/h4-10H,3H2,1-2H3,(H2,19,20,21,23). The van der Waals surface area contributed by atoms with E-state index in [2.05, 4.69) is 33.5 Å². The normalized spacial score (nSPS) is 10.0. The smallest absolute Gasteiger partial charge is 0.257 e. The van der Waals surface area contributed by atoms with Crippen molar-refractivity contribution in [1.29, 1.82) is 0 Å². The summed E-state index contributed by atoms with van der Waals surface area (Å²) < 4.78 is 5.85. The summed E-state index contributed by atoms with van der Waals surface area (Å²) in [6.07, 6.45) is 0.980. The van der Waals surface area contributed by atoms with Gasteiger partial charge in [-0.2, -0.15) is 0 Å². The predicted molar refractivity (Wildman–Crippen MR) is 100 cm³/mol. The van der Waals surface area contributed by atoms with Crippen molar-refractivity contribution in [1.82, 2.24) is 5.32 Å². The first-order valence-corrected chi connectivity index (χ1v) is 8.28. The van der Waals surface area contributed by atoms with Gasteiger partial charge in [-0.3, -0.25) is 10.1 Å². The van der Waals surface area contributed by atoms with Gasteiger partial charge in [0.1, 0.15) is 5.75 Å². The van der Waals surface area contributed by atoms with Gasteiger partial charge >= 0.3 is 0 Å². The molecule has 0 fully saturated rings. The number of halogens is 1. The molecule has 0 spiro atoms. The average Bonchev–Trinajstić information content (AvgIpc) is 2.55. The lowest BCUT2D eigenvalue weighted by Gasteiger charge is -2.11. The van der Waals surface area contributed by atoms with Crippen LogP contribution in [0.5, 0.6) is 5.75 Å². The van der Waals surface area contributed by atoms with Crippen LogP contribution in [-0.4, -0.2) is 18.1 Å². The molecule has 2 aromatic carbocycles. The Morgan fingerprint density at radius 2 is 1.91 bits per heavy atom. The summed E-state index contributed by atoms with van der Waals surface area (Å²) in [7, 11) is 1.57. The summed E-state index contributed by atoms with van der Waals surface area (Å²) >= 11 is 8.53. The van der Waals surface area contributed by atoms with Gasteiger partial charge in [-0.1, -0.05) is 19.1 Å². The summed E-state index contributed by atoms with van der Waals surface area (Å²) in [6.45, 7) is 2.10. The summed E-state index contributed by atoms with van der Waals surface area (Å²) in [5.41, 5.74) is 2.57. The first kappa shape index (κ1) is 17.4. The number of hydrogen-bond acceptors (Lipinski definition) is 3. The minimum absolute atomic E-state index is 0.256. The van der Waals surface area contributed by atoms with Gasteiger partial charge in [-0.25, -0.2) is 0 Å². The molecule has 0 unspecified atom stereocenters. The van der Waals surface area contributed by atoms with E-state index in [1.807, 2.05) is 24.3 Å². The molecule has 0 atom stereocenters. The minimum atomic E-state index is -0.281. The van der Waals surface area contributed by atoms with Crippen LogP contribution in [0.15, 0.2) is 46.9 Å². The molecular weight excluding hydrogens is 376 g/mol. The van der Waals surface area contributed by atoms with Crippen LogP contribution >= 0.6 is 28.1 Å². The molecule has 0 saturated carbocycles. The number of rotatable bonds is 4. The lowest BCUT2D eigenvalue weighted by molar-refractivity contribution is 0.0977. The van der Waals surface area contributed by atoms with E-state index < -0.39 is 0 Å². The van der Waals surface area contributed by atoms with Crippen molar-refractivity contribution in [3.8, 4) is 5.75 Å². The maximum Gasteiger partial charge on any atom is 0.257 e. The number of carbonyl (C=O) groups is 1. The van der Waals surface area contributed by atoms with E-state index in [1.165, 1.54) is 5.56 Å². The molecule has 2 aromatic rings. The Hall–Kier alpha value is -1.92. The molecule has 0 aliphatic rings. The number of thiocarbonyl (C=S) groups is 1. The van der Waals surface area contributed by atoms with E-state index in [9.17, 15) is 4.79 Å². The second kappa shape index (κ2) is 8.08. The van der Waals surface area contributed by atoms with Crippen LogP contribution in [0.4, 0.5) is 5.69 Å². The van der Waals surface area contributed by atoms with Crippen LogP contribution in [0.25, 0.3) is 0 Å². The van der Waals surface area contributed by atoms with Crippen LogP contribution in [0.3, 0.4) is 0 Å².